The molecule has 1 saturated heterocycles. The van der Waals surface area contributed by atoms with Crippen molar-refractivity contribution in [1.82, 2.24) is 9.62 Å². The van der Waals surface area contributed by atoms with Crippen LogP contribution in [0.25, 0.3) is 0 Å². The van der Waals surface area contributed by atoms with Gasteiger partial charge in [-0.05, 0) is 62.2 Å². The number of rotatable bonds is 8. The number of ether oxygens (including phenoxy) is 1. The highest BCUT2D eigenvalue weighted by molar-refractivity contribution is 7.89. The van der Waals surface area contributed by atoms with Crippen molar-refractivity contribution in [3.05, 3.63) is 53.1 Å². The summed E-state index contributed by atoms with van der Waals surface area (Å²) in [6.45, 7) is 3.15. The molecule has 172 valence electrons. The molecule has 32 heavy (non-hydrogen) atoms. The molecule has 10 heteroatoms. The zero-order valence-electron chi connectivity index (χ0n) is 17.8. The number of nitrogens with one attached hydrogen (secondary N) is 2. The van der Waals surface area contributed by atoms with Gasteiger partial charge in [0, 0.05) is 30.9 Å². The summed E-state index contributed by atoms with van der Waals surface area (Å²) in [5.41, 5.74) is 0.678. The van der Waals surface area contributed by atoms with Gasteiger partial charge in [0.15, 0.2) is 6.61 Å². The van der Waals surface area contributed by atoms with E-state index in [0.29, 0.717) is 31.1 Å². The van der Waals surface area contributed by atoms with Crippen LogP contribution < -0.4 is 15.4 Å². The van der Waals surface area contributed by atoms with Crippen LogP contribution in [0.1, 0.15) is 36.5 Å². The molecule has 0 radical (unpaired) electrons. The number of likely N-dealkylation sites (N-methyl/N-ethyl adjacent to an activating group) is 1. The molecule has 8 nitrogen and oxygen atoms in total. The maximum Gasteiger partial charge on any atom is 0.257 e. The average Bonchev–Trinajstić information content (AvgIpc) is 2.79. The molecular weight excluding hydrogens is 454 g/mol. The lowest BCUT2D eigenvalue weighted by molar-refractivity contribution is -0.122. The number of carbonyl (C=O) groups is 2. The molecule has 2 N–H and O–H groups in total. The smallest absolute Gasteiger partial charge is 0.257 e. The monoisotopic (exact) mass is 479 g/mol. The second-order valence-electron chi connectivity index (χ2n) is 7.33. The third kappa shape index (κ3) is 5.99. The predicted molar refractivity (Wildman–Crippen MR) is 123 cm³/mol. The van der Waals surface area contributed by atoms with Gasteiger partial charge in [-0.3, -0.25) is 9.59 Å². The molecule has 1 aliphatic heterocycles. The highest BCUT2D eigenvalue weighted by Gasteiger charge is 2.28. The van der Waals surface area contributed by atoms with E-state index in [1.807, 2.05) is 6.92 Å². The SMILES string of the molecule is CCNC(=O)COc1ccc(NC(=O)c2ccc(Cl)c(S(=O)(=O)N3CCCCC3)c2)cc1. The Balaban J connectivity index is 1.69. The van der Waals surface area contributed by atoms with Crippen LogP contribution in [0.4, 0.5) is 5.69 Å². The minimum Gasteiger partial charge on any atom is -0.484 e. The molecule has 2 aromatic rings. The van der Waals surface area contributed by atoms with Crippen LogP contribution in [0.3, 0.4) is 0 Å². The standard InChI is InChI=1S/C22H26ClN3O5S/c1-2-24-21(27)15-31-18-9-7-17(8-10-18)25-22(28)16-6-11-19(23)20(14-16)32(29,30)26-12-4-3-5-13-26/h6-11,14H,2-5,12-13,15H2,1H3,(H,24,27)(H,25,28). The zero-order valence-corrected chi connectivity index (χ0v) is 19.3. The molecule has 0 saturated carbocycles. The van der Waals surface area contributed by atoms with E-state index in [0.717, 1.165) is 19.3 Å². The van der Waals surface area contributed by atoms with Gasteiger partial charge in [0.2, 0.25) is 10.0 Å². The summed E-state index contributed by atoms with van der Waals surface area (Å²) >= 11 is 6.17. The summed E-state index contributed by atoms with van der Waals surface area (Å²) in [5.74, 6) is -0.202. The van der Waals surface area contributed by atoms with E-state index in [1.165, 1.54) is 22.5 Å². The van der Waals surface area contributed by atoms with E-state index in [1.54, 1.807) is 24.3 Å². The Bertz CT molecular complexity index is 1070. The maximum absolute atomic E-state index is 13.0. The Morgan fingerprint density at radius 1 is 1.06 bits per heavy atom. The van der Waals surface area contributed by atoms with Crippen LogP contribution in [-0.2, 0) is 14.8 Å². The molecule has 0 atom stereocenters. The topological polar surface area (TPSA) is 105 Å². The number of sulfonamides is 1. The van der Waals surface area contributed by atoms with E-state index in [9.17, 15) is 18.0 Å². The number of benzene rings is 2. The molecule has 1 heterocycles. The van der Waals surface area contributed by atoms with Crippen LogP contribution in [0, 0.1) is 0 Å². The van der Waals surface area contributed by atoms with Crippen molar-refractivity contribution < 1.29 is 22.7 Å². The predicted octanol–water partition coefficient (Wildman–Crippen LogP) is 3.28. The summed E-state index contributed by atoms with van der Waals surface area (Å²) in [5, 5.41) is 5.44. The number of piperidine rings is 1. The van der Waals surface area contributed by atoms with Crippen molar-refractivity contribution in [3.8, 4) is 5.75 Å². The highest BCUT2D eigenvalue weighted by Crippen LogP contribution is 2.28. The fourth-order valence-electron chi connectivity index (χ4n) is 3.32. The van der Waals surface area contributed by atoms with Crippen LogP contribution >= 0.6 is 11.6 Å². The van der Waals surface area contributed by atoms with E-state index < -0.39 is 15.9 Å². The first-order valence-electron chi connectivity index (χ1n) is 10.4. The normalized spacial score (nSPS) is 14.6. The minimum absolute atomic E-state index is 0.0668. The number of nitrogens with zero attached hydrogens (tertiary/aromatic N) is 1. The average molecular weight is 480 g/mol. The zero-order chi connectivity index (χ0) is 23.1. The Morgan fingerprint density at radius 2 is 1.75 bits per heavy atom. The quantitative estimate of drug-likeness (QED) is 0.604. The fraction of sp³-hybridized carbons (Fsp3) is 0.364. The molecule has 2 amide bonds. The molecule has 1 fully saturated rings. The molecule has 0 unspecified atom stereocenters. The second-order valence-corrected chi connectivity index (χ2v) is 9.64. The van der Waals surface area contributed by atoms with Gasteiger partial charge in [-0.2, -0.15) is 4.31 Å². The van der Waals surface area contributed by atoms with Crippen molar-refractivity contribution in [2.45, 2.75) is 31.1 Å². The molecule has 1 aliphatic rings. The fourth-order valence-corrected chi connectivity index (χ4v) is 5.34. The van der Waals surface area contributed by atoms with Gasteiger partial charge in [-0.15, -0.1) is 0 Å². The number of amides is 2. The lowest BCUT2D eigenvalue weighted by Gasteiger charge is -2.26. The van der Waals surface area contributed by atoms with Gasteiger partial charge in [-0.25, -0.2) is 8.42 Å². The molecule has 0 aliphatic carbocycles. The number of halogens is 1. The Labute approximate surface area is 192 Å². The van der Waals surface area contributed by atoms with E-state index in [2.05, 4.69) is 10.6 Å². The van der Waals surface area contributed by atoms with E-state index in [4.69, 9.17) is 16.3 Å². The third-order valence-electron chi connectivity index (χ3n) is 4.98. The van der Waals surface area contributed by atoms with Gasteiger partial charge < -0.3 is 15.4 Å². The van der Waals surface area contributed by atoms with Crippen molar-refractivity contribution >= 4 is 39.1 Å². The van der Waals surface area contributed by atoms with Crippen LogP contribution in [0.15, 0.2) is 47.4 Å². The molecule has 0 bridgehead atoms. The molecule has 0 aromatic heterocycles. The first-order valence-corrected chi connectivity index (χ1v) is 12.2. The van der Waals surface area contributed by atoms with Gasteiger partial charge >= 0.3 is 0 Å². The highest BCUT2D eigenvalue weighted by atomic mass is 35.5. The first-order chi connectivity index (χ1) is 15.3. The van der Waals surface area contributed by atoms with Crippen LogP contribution in [0.5, 0.6) is 5.75 Å². The maximum atomic E-state index is 13.0. The van der Waals surface area contributed by atoms with Gasteiger partial charge in [0.05, 0.1) is 5.02 Å². The lowest BCUT2D eigenvalue weighted by Crippen LogP contribution is -2.35. The van der Waals surface area contributed by atoms with Crippen LogP contribution in [-0.4, -0.2) is 50.8 Å². The Morgan fingerprint density at radius 3 is 2.41 bits per heavy atom. The summed E-state index contributed by atoms with van der Waals surface area (Å²) in [4.78, 5) is 24.1. The molecule has 3 rings (SSSR count). The third-order valence-corrected chi connectivity index (χ3v) is 7.36. The first kappa shape index (κ1) is 24.0. The minimum atomic E-state index is -3.77. The largest absolute Gasteiger partial charge is 0.484 e. The van der Waals surface area contributed by atoms with Gasteiger partial charge in [0.25, 0.3) is 11.8 Å². The number of carbonyl (C=O) groups excluding carboxylic acids is 2. The lowest BCUT2D eigenvalue weighted by atomic mass is 10.2. The summed E-state index contributed by atoms with van der Waals surface area (Å²) in [6.07, 6.45) is 2.61. The number of hydrogen-bond donors (Lipinski definition) is 2. The van der Waals surface area contributed by atoms with E-state index >= 15 is 0 Å². The van der Waals surface area contributed by atoms with Crippen molar-refractivity contribution in [3.63, 3.8) is 0 Å². The van der Waals surface area contributed by atoms with Crippen molar-refractivity contribution in [1.29, 1.82) is 0 Å². The van der Waals surface area contributed by atoms with E-state index in [-0.39, 0.29) is 28.0 Å². The summed E-state index contributed by atoms with van der Waals surface area (Å²) in [6, 6.07) is 10.7. The Hall–Kier alpha value is -2.62. The number of hydrogen-bond acceptors (Lipinski definition) is 5. The summed E-state index contributed by atoms with van der Waals surface area (Å²) < 4.78 is 32.8. The van der Waals surface area contributed by atoms with Gasteiger partial charge in [-0.1, -0.05) is 18.0 Å². The van der Waals surface area contributed by atoms with Gasteiger partial charge in [0.1, 0.15) is 10.6 Å². The van der Waals surface area contributed by atoms with Crippen molar-refractivity contribution in [2.75, 3.05) is 31.6 Å². The molecule has 0 spiro atoms. The molecule has 2 aromatic carbocycles. The van der Waals surface area contributed by atoms with Crippen molar-refractivity contribution in [2.24, 2.45) is 0 Å². The Kier molecular flexibility index (Phi) is 8.11. The number of anilines is 1. The van der Waals surface area contributed by atoms with Crippen LogP contribution in [0.2, 0.25) is 5.02 Å². The summed E-state index contributed by atoms with van der Waals surface area (Å²) in [7, 11) is -3.77. The molecular formula is C22H26ClN3O5S. The second kappa shape index (κ2) is 10.8.